The van der Waals surface area contributed by atoms with Crippen LogP contribution in [-0.2, 0) is 6.42 Å². The third-order valence-corrected chi connectivity index (χ3v) is 5.95. The molecule has 144 valence electrons. The molecule has 0 amide bonds. The van der Waals surface area contributed by atoms with Crippen molar-refractivity contribution in [2.45, 2.75) is 35.3 Å². The molecule has 0 aliphatic heterocycles. The Balaban J connectivity index is 1.67. The largest absolute Gasteiger partial charge is 0.298 e. The van der Waals surface area contributed by atoms with E-state index < -0.39 is 11.7 Å². The molecule has 0 unspecified atom stereocenters. The first-order valence-corrected chi connectivity index (χ1v) is 9.52. The number of hydrogen-bond acceptors (Lipinski definition) is 4. The van der Waals surface area contributed by atoms with Crippen molar-refractivity contribution in [2.75, 3.05) is 0 Å². The predicted octanol–water partition coefficient (Wildman–Crippen LogP) is 4.36. The minimum absolute atomic E-state index is 0.0478. The minimum atomic E-state index is -2.59. The summed E-state index contributed by atoms with van der Waals surface area (Å²) < 4.78 is 39.7. The van der Waals surface area contributed by atoms with E-state index in [4.69, 9.17) is 0 Å². The van der Waals surface area contributed by atoms with Crippen LogP contribution in [0.15, 0.2) is 46.1 Å². The van der Waals surface area contributed by atoms with Gasteiger partial charge in [-0.2, -0.15) is 5.10 Å². The predicted molar refractivity (Wildman–Crippen MR) is 101 cm³/mol. The van der Waals surface area contributed by atoms with Crippen molar-refractivity contribution < 1.29 is 18.0 Å². The number of fused-ring (bicyclic) bond motifs is 1. The molecule has 1 heterocycles. The molecule has 1 fully saturated rings. The van der Waals surface area contributed by atoms with Gasteiger partial charge >= 0.3 is 0 Å². The number of thioether (sulfide) groups is 1. The standard InChI is InChI=1S/C20H15F3N2O2S/c21-17-4-1-11(5-12(17)10-26)6-18-16-7-13(28-14-8-20(22,23)9-14)2-3-15(16)19(27)25-24-18/h1-5,7,10,14H,6,8-9H2,(H,25,27). The Morgan fingerprint density at radius 3 is 2.68 bits per heavy atom. The maximum Gasteiger partial charge on any atom is 0.272 e. The van der Waals surface area contributed by atoms with Crippen molar-refractivity contribution >= 4 is 28.8 Å². The van der Waals surface area contributed by atoms with Crippen molar-refractivity contribution in [3.63, 3.8) is 0 Å². The van der Waals surface area contributed by atoms with Crippen molar-refractivity contribution in [3.05, 3.63) is 69.4 Å². The number of carbonyl (C=O) groups is 1. The van der Waals surface area contributed by atoms with E-state index in [9.17, 15) is 22.8 Å². The number of rotatable bonds is 5. The molecule has 1 aliphatic carbocycles. The normalized spacial score (nSPS) is 16.1. The SMILES string of the molecule is O=Cc1cc(Cc2n[nH]c(=O)c3ccc(SC4CC(F)(F)C4)cc23)ccc1F. The summed E-state index contributed by atoms with van der Waals surface area (Å²) in [5.41, 5.74) is 0.826. The summed E-state index contributed by atoms with van der Waals surface area (Å²) in [4.78, 5) is 23.8. The topological polar surface area (TPSA) is 62.8 Å². The summed E-state index contributed by atoms with van der Waals surface area (Å²) in [5.74, 6) is -3.19. The van der Waals surface area contributed by atoms with Crippen LogP contribution < -0.4 is 5.56 Å². The van der Waals surface area contributed by atoms with Gasteiger partial charge in [0, 0.05) is 34.8 Å². The molecule has 1 saturated carbocycles. The van der Waals surface area contributed by atoms with Gasteiger partial charge in [0.25, 0.3) is 5.56 Å². The van der Waals surface area contributed by atoms with Crippen LogP contribution in [0.4, 0.5) is 13.2 Å². The van der Waals surface area contributed by atoms with Crippen LogP contribution in [0.3, 0.4) is 0 Å². The van der Waals surface area contributed by atoms with E-state index in [1.54, 1.807) is 24.3 Å². The lowest BCUT2D eigenvalue weighted by atomic mass is 9.94. The monoisotopic (exact) mass is 404 g/mol. The summed E-state index contributed by atoms with van der Waals surface area (Å²) in [6.07, 6.45) is 0.421. The number of carbonyl (C=O) groups excluding carboxylic acids is 1. The fraction of sp³-hybridized carbons (Fsp3) is 0.250. The molecule has 0 spiro atoms. The Labute approximate surface area is 162 Å². The summed E-state index contributed by atoms with van der Waals surface area (Å²) >= 11 is 1.36. The van der Waals surface area contributed by atoms with E-state index in [0.29, 0.717) is 28.3 Å². The lowest BCUT2D eigenvalue weighted by Crippen LogP contribution is -2.37. The van der Waals surface area contributed by atoms with Gasteiger partial charge in [-0.15, -0.1) is 11.8 Å². The number of aromatic amines is 1. The van der Waals surface area contributed by atoms with Crippen LogP contribution in [0.1, 0.15) is 34.5 Å². The number of aromatic nitrogens is 2. The lowest BCUT2D eigenvalue weighted by Gasteiger charge is -2.34. The molecular formula is C20H15F3N2O2S. The molecule has 8 heteroatoms. The second-order valence-electron chi connectivity index (χ2n) is 6.86. The maximum atomic E-state index is 13.5. The van der Waals surface area contributed by atoms with Crippen LogP contribution in [0, 0.1) is 5.82 Å². The van der Waals surface area contributed by atoms with Crippen molar-refractivity contribution in [2.24, 2.45) is 0 Å². The number of aldehydes is 1. The second kappa shape index (κ2) is 7.09. The molecule has 1 aromatic heterocycles. The Bertz CT molecular complexity index is 1120. The molecular weight excluding hydrogens is 389 g/mol. The number of nitrogens with zero attached hydrogens (tertiary/aromatic N) is 1. The fourth-order valence-electron chi connectivity index (χ4n) is 3.28. The highest BCUT2D eigenvalue weighted by Gasteiger charge is 2.45. The first-order valence-electron chi connectivity index (χ1n) is 8.64. The van der Waals surface area contributed by atoms with E-state index in [-0.39, 0.29) is 35.6 Å². The van der Waals surface area contributed by atoms with E-state index in [2.05, 4.69) is 10.2 Å². The van der Waals surface area contributed by atoms with Gasteiger partial charge in [0.1, 0.15) is 5.82 Å². The quantitative estimate of drug-likeness (QED) is 0.642. The fourth-order valence-corrected chi connectivity index (χ4v) is 4.65. The van der Waals surface area contributed by atoms with Crippen LogP contribution in [0.5, 0.6) is 0 Å². The maximum absolute atomic E-state index is 13.5. The Morgan fingerprint density at radius 2 is 1.96 bits per heavy atom. The number of alkyl halides is 2. The molecule has 2 aromatic carbocycles. The molecule has 28 heavy (non-hydrogen) atoms. The Morgan fingerprint density at radius 1 is 1.18 bits per heavy atom. The van der Waals surface area contributed by atoms with Gasteiger partial charge in [0.2, 0.25) is 5.92 Å². The van der Waals surface area contributed by atoms with Gasteiger partial charge in [-0.05, 0) is 35.9 Å². The number of nitrogens with one attached hydrogen (secondary N) is 1. The highest BCUT2D eigenvalue weighted by molar-refractivity contribution is 8.00. The molecule has 0 radical (unpaired) electrons. The van der Waals surface area contributed by atoms with Crippen molar-refractivity contribution in [1.29, 1.82) is 0 Å². The van der Waals surface area contributed by atoms with Crippen LogP contribution >= 0.6 is 11.8 Å². The Hall–Kier alpha value is -2.61. The first-order chi connectivity index (χ1) is 13.3. The average molecular weight is 404 g/mol. The summed E-state index contributed by atoms with van der Waals surface area (Å²) in [7, 11) is 0. The molecule has 1 N–H and O–H groups in total. The van der Waals surface area contributed by atoms with E-state index in [0.717, 1.165) is 4.90 Å². The van der Waals surface area contributed by atoms with Gasteiger partial charge in [0.05, 0.1) is 16.6 Å². The molecule has 3 aromatic rings. The zero-order valence-electron chi connectivity index (χ0n) is 14.5. The number of hydrogen-bond donors (Lipinski definition) is 1. The molecule has 4 rings (SSSR count). The molecule has 0 atom stereocenters. The zero-order chi connectivity index (χ0) is 19.9. The van der Waals surface area contributed by atoms with Crippen LogP contribution in [0.25, 0.3) is 10.8 Å². The summed E-state index contributed by atoms with van der Waals surface area (Å²) in [5, 5.41) is 7.44. The smallest absolute Gasteiger partial charge is 0.272 e. The van der Waals surface area contributed by atoms with Crippen molar-refractivity contribution in [3.8, 4) is 0 Å². The van der Waals surface area contributed by atoms with E-state index in [1.807, 2.05) is 0 Å². The van der Waals surface area contributed by atoms with Crippen molar-refractivity contribution in [1.82, 2.24) is 10.2 Å². The van der Waals surface area contributed by atoms with Gasteiger partial charge in [0.15, 0.2) is 6.29 Å². The first kappa shape index (κ1) is 18.7. The van der Waals surface area contributed by atoms with Crippen LogP contribution in [-0.4, -0.2) is 27.7 Å². The lowest BCUT2D eigenvalue weighted by molar-refractivity contribution is -0.0666. The van der Waals surface area contributed by atoms with Crippen LogP contribution in [0.2, 0.25) is 0 Å². The third kappa shape index (κ3) is 3.69. The number of H-pyrrole nitrogens is 1. The van der Waals surface area contributed by atoms with E-state index >= 15 is 0 Å². The van der Waals surface area contributed by atoms with E-state index in [1.165, 1.54) is 23.9 Å². The number of benzene rings is 2. The second-order valence-corrected chi connectivity index (χ2v) is 8.24. The minimum Gasteiger partial charge on any atom is -0.298 e. The zero-order valence-corrected chi connectivity index (χ0v) is 15.4. The third-order valence-electron chi connectivity index (χ3n) is 4.75. The Kier molecular flexibility index (Phi) is 4.74. The molecule has 0 saturated heterocycles. The average Bonchev–Trinajstić information content (AvgIpc) is 2.64. The molecule has 0 bridgehead atoms. The highest BCUT2D eigenvalue weighted by atomic mass is 32.2. The number of halogens is 3. The molecule has 1 aliphatic rings. The summed E-state index contributed by atoms with van der Waals surface area (Å²) in [6.45, 7) is 0. The molecule has 4 nitrogen and oxygen atoms in total. The highest BCUT2D eigenvalue weighted by Crippen LogP contribution is 2.46. The van der Waals surface area contributed by atoms with Gasteiger partial charge in [-0.25, -0.2) is 18.3 Å². The van der Waals surface area contributed by atoms with Gasteiger partial charge in [-0.3, -0.25) is 9.59 Å². The van der Waals surface area contributed by atoms with Gasteiger partial charge < -0.3 is 0 Å². The summed E-state index contributed by atoms with van der Waals surface area (Å²) in [6, 6.07) is 9.38. The van der Waals surface area contributed by atoms with Gasteiger partial charge in [-0.1, -0.05) is 6.07 Å².